The average molecular weight is 354 g/mol. The molecule has 0 aliphatic rings. The fourth-order valence-electron chi connectivity index (χ4n) is 2.55. The Labute approximate surface area is 155 Å². The molecule has 2 aromatic carbocycles. The summed E-state index contributed by atoms with van der Waals surface area (Å²) in [5.41, 5.74) is 2.09. The summed E-state index contributed by atoms with van der Waals surface area (Å²) >= 11 is 0. The number of likely N-dealkylation sites (N-methyl/N-ethyl adjacent to an activating group) is 1. The monoisotopic (exact) mass is 354 g/mol. The van der Waals surface area contributed by atoms with Crippen molar-refractivity contribution in [2.45, 2.75) is 33.4 Å². The van der Waals surface area contributed by atoms with E-state index in [0.29, 0.717) is 18.8 Å². The van der Waals surface area contributed by atoms with Gasteiger partial charge in [0, 0.05) is 13.1 Å². The van der Waals surface area contributed by atoms with Crippen LogP contribution in [-0.2, 0) is 16.1 Å². The number of rotatable bonds is 8. The van der Waals surface area contributed by atoms with E-state index in [1.54, 1.807) is 11.8 Å². The predicted octanol–water partition coefficient (Wildman–Crippen LogP) is 2.93. The quantitative estimate of drug-likeness (QED) is 0.793. The van der Waals surface area contributed by atoms with Crippen LogP contribution in [0.4, 0.5) is 0 Å². The molecule has 0 radical (unpaired) electrons. The zero-order valence-electron chi connectivity index (χ0n) is 15.6. The fourth-order valence-corrected chi connectivity index (χ4v) is 2.55. The standard InChI is InChI=1S/C21H26N2O3/c1-4-22-21(25)17(3)23(14-18-8-6-5-7-9-18)20(24)15-26-19-12-10-16(2)11-13-19/h5-13,17H,4,14-15H2,1-3H3,(H,22,25). The number of hydrogen-bond donors (Lipinski definition) is 1. The fraction of sp³-hybridized carbons (Fsp3) is 0.333. The largest absolute Gasteiger partial charge is 0.484 e. The molecule has 0 heterocycles. The molecule has 5 nitrogen and oxygen atoms in total. The number of benzene rings is 2. The minimum Gasteiger partial charge on any atom is -0.484 e. The lowest BCUT2D eigenvalue weighted by atomic mass is 10.1. The number of nitrogens with zero attached hydrogens (tertiary/aromatic N) is 1. The smallest absolute Gasteiger partial charge is 0.261 e. The van der Waals surface area contributed by atoms with Crippen LogP contribution in [0.2, 0.25) is 0 Å². The van der Waals surface area contributed by atoms with Crippen molar-refractivity contribution in [3.05, 3.63) is 65.7 Å². The Morgan fingerprint density at radius 1 is 1.08 bits per heavy atom. The molecule has 26 heavy (non-hydrogen) atoms. The van der Waals surface area contributed by atoms with Gasteiger partial charge in [0.15, 0.2) is 6.61 Å². The van der Waals surface area contributed by atoms with Crippen LogP contribution in [0, 0.1) is 6.92 Å². The maximum absolute atomic E-state index is 12.8. The van der Waals surface area contributed by atoms with Gasteiger partial charge >= 0.3 is 0 Å². The lowest BCUT2D eigenvalue weighted by molar-refractivity contribution is -0.142. The molecule has 2 aromatic rings. The van der Waals surface area contributed by atoms with Gasteiger partial charge in [0.25, 0.3) is 5.91 Å². The van der Waals surface area contributed by atoms with Crippen LogP contribution in [0.3, 0.4) is 0 Å². The minimum absolute atomic E-state index is 0.111. The Bertz CT molecular complexity index is 714. The number of aryl methyl sites for hydroxylation is 1. The molecular formula is C21H26N2O3. The third-order valence-corrected chi connectivity index (χ3v) is 4.10. The summed E-state index contributed by atoms with van der Waals surface area (Å²) in [6.07, 6.45) is 0. The molecule has 1 atom stereocenters. The van der Waals surface area contributed by atoms with Gasteiger partial charge in [-0.15, -0.1) is 0 Å². The third-order valence-electron chi connectivity index (χ3n) is 4.10. The molecule has 1 N–H and O–H groups in total. The van der Waals surface area contributed by atoms with E-state index in [1.807, 2.05) is 68.4 Å². The molecule has 0 aliphatic carbocycles. The molecule has 1 unspecified atom stereocenters. The van der Waals surface area contributed by atoms with Crippen LogP contribution in [-0.4, -0.2) is 35.9 Å². The SMILES string of the molecule is CCNC(=O)C(C)N(Cc1ccccc1)C(=O)COc1ccc(C)cc1. The van der Waals surface area contributed by atoms with E-state index in [4.69, 9.17) is 4.74 Å². The first kappa shape index (κ1) is 19.5. The van der Waals surface area contributed by atoms with Crippen LogP contribution in [0.1, 0.15) is 25.0 Å². The highest BCUT2D eigenvalue weighted by Gasteiger charge is 2.26. The van der Waals surface area contributed by atoms with E-state index < -0.39 is 6.04 Å². The molecule has 0 saturated carbocycles. The lowest BCUT2D eigenvalue weighted by Gasteiger charge is -2.28. The summed E-state index contributed by atoms with van der Waals surface area (Å²) in [6.45, 7) is 6.35. The summed E-state index contributed by atoms with van der Waals surface area (Å²) in [5, 5.41) is 2.77. The van der Waals surface area contributed by atoms with Crippen molar-refractivity contribution in [2.24, 2.45) is 0 Å². The van der Waals surface area contributed by atoms with E-state index >= 15 is 0 Å². The van der Waals surface area contributed by atoms with Crippen LogP contribution >= 0.6 is 0 Å². The summed E-state index contributed by atoms with van der Waals surface area (Å²) in [4.78, 5) is 26.6. The van der Waals surface area contributed by atoms with Crippen molar-refractivity contribution < 1.29 is 14.3 Å². The van der Waals surface area contributed by atoms with Crippen molar-refractivity contribution in [1.29, 1.82) is 0 Å². The predicted molar refractivity (Wildman–Crippen MR) is 102 cm³/mol. The molecular weight excluding hydrogens is 328 g/mol. The molecule has 0 fully saturated rings. The Morgan fingerprint density at radius 2 is 1.73 bits per heavy atom. The summed E-state index contributed by atoms with van der Waals surface area (Å²) in [5.74, 6) is 0.231. The van der Waals surface area contributed by atoms with Gasteiger partial charge in [-0.3, -0.25) is 9.59 Å². The number of carbonyl (C=O) groups excluding carboxylic acids is 2. The molecule has 2 amide bonds. The van der Waals surface area contributed by atoms with Gasteiger partial charge in [0.1, 0.15) is 11.8 Å². The van der Waals surface area contributed by atoms with Crippen LogP contribution < -0.4 is 10.1 Å². The van der Waals surface area contributed by atoms with Crippen molar-refractivity contribution in [2.75, 3.05) is 13.2 Å². The topological polar surface area (TPSA) is 58.6 Å². The molecule has 0 spiro atoms. The van der Waals surface area contributed by atoms with Crippen LogP contribution in [0.15, 0.2) is 54.6 Å². The number of hydrogen-bond acceptors (Lipinski definition) is 3. The zero-order valence-corrected chi connectivity index (χ0v) is 15.6. The Morgan fingerprint density at radius 3 is 2.35 bits per heavy atom. The molecule has 0 aliphatic heterocycles. The minimum atomic E-state index is -0.579. The summed E-state index contributed by atoms with van der Waals surface area (Å²) < 4.78 is 5.61. The maximum atomic E-state index is 12.8. The molecule has 0 saturated heterocycles. The van der Waals surface area contributed by atoms with E-state index in [2.05, 4.69) is 5.32 Å². The second kappa shape index (κ2) is 9.61. The molecule has 138 valence electrons. The first-order chi connectivity index (χ1) is 12.5. The average Bonchev–Trinajstić information content (AvgIpc) is 2.66. The third kappa shape index (κ3) is 5.62. The molecule has 0 bridgehead atoms. The number of carbonyl (C=O) groups is 2. The van der Waals surface area contributed by atoms with E-state index in [9.17, 15) is 9.59 Å². The van der Waals surface area contributed by atoms with Gasteiger partial charge in [-0.2, -0.15) is 0 Å². The lowest BCUT2D eigenvalue weighted by Crippen LogP contribution is -2.49. The van der Waals surface area contributed by atoms with E-state index in [-0.39, 0.29) is 18.4 Å². The highest BCUT2D eigenvalue weighted by molar-refractivity contribution is 5.87. The van der Waals surface area contributed by atoms with Crippen molar-refractivity contribution in [3.8, 4) is 5.75 Å². The van der Waals surface area contributed by atoms with Gasteiger partial charge in [-0.1, -0.05) is 48.0 Å². The normalized spacial score (nSPS) is 11.5. The maximum Gasteiger partial charge on any atom is 0.261 e. The van der Waals surface area contributed by atoms with E-state index in [0.717, 1.165) is 11.1 Å². The Kier molecular flexibility index (Phi) is 7.21. The van der Waals surface area contributed by atoms with Gasteiger partial charge in [-0.05, 0) is 38.5 Å². The molecule has 5 heteroatoms. The second-order valence-corrected chi connectivity index (χ2v) is 6.18. The van der Waals surface area contributed by atoms with Crippen LogP contribution in [0.5, 0.6) is 5.75 Å². The highest BCUT2D eigenvalue weighted by Crippen LogP contribution is 2.13. The van der Waals surface area contributed by atoms with Gasteiger partial charge in [-0.25, -0.2) is 0 Å². The molecule has 2 rings (SSSR count). The number of nitrogens with one attached hydrogen (secondary N) is 1. The van der Waals surface area contributed by atoms with Gasteiger partial charge in [0.2, 0.25) is 5.91 Å². The summed E-state index contributed by atoms with van der Waals surface area (Å²) in [6, 6.07) is 16.6. The van der Waals surface area contributed by atoms with Crippen molar-refractivity contribution >= 4 is 11.8 Å². The zero-order chi connectivity index (χ0) is 18.9. The van der Waals surface area contributed by atoms with E-state index in [1.165, 1.54) is 0 Å². The van der Waals surface area contributed by atoms with Crippen molar-refractivity contribution in [3.63, 3.8) is 0 Å². The van der Waals surface area contributed by atoms with Crippen molar-refractivity contribution in [1.82, 2.24) is 10.2 Å². The Hall–Kier alpha value is -2.82. The van der Waals surface area contributed by atoms with Gasteiger partial charge in [0.05, 0.1) is 0 Å². The number of amides is 2. The number of ether oxygens (including phenoxy) is 1. The van der Waals surface area contributed by atoms with Crippen LogP contribution in [0.25, 0.3) is 0 Å². The first-order valence-corrected chi connectivity index (χ1v) is 8.81. The summed E-state index contributed by atoms with van der Waals surface area (Å²) in [7, 11) is 0. The second-order valence-electron chi connectivity index (χ2n) is 6.18. The Balaban J connectivity index is 2.09. The highest BCUT2D eigenvalue weighted by atomic mass is 16.5. The first-order valence-electron chi connectivity index (χ1n) is 8.81. The molecule has 0 aromatic heterocycles. The van der Waals surface area contributed by atoms with Gasteiger partial charge < -0.3 is 15.0 Å².